The zero-order chi connectivity index (χ0) is 12.4. The monoisotopic (exact) mass is 245 g/mol. The molecular formula is C14H12ClNO. The largest absolute Gasteiger partial charge is 0.397 e. The second-order valence-corrected chi connectivity index (χ2v) is 4.27. The van der Waals surface area contributed by atoms with Gasteiger partial charge in [0.05, 0.1) is 10.7 Å². The Morgan fingerprint density at radius 2 is 1.88 bits per heavy atom. The van der Waals surface area contributed by atoms with Gasteiger partial charge in [-0.3, -0.25) is 4.79 Å². The molecule has 86 valence electrons. The van der Waals surface area contributed by atoms with Crippen LogP contribution in [0.25, 0.3) is 11.1 Å². The van der Waals surface area contributed by atoms with E-state index in [9.17, 15) is 4.79 Å². The zero-order valence-corrected chi connectivity index (χ0v) is 10.2. The number of halogens is 1. The molecule has 0 aliphatic carbocycles. The van der Waals surface area contributed by atoms with Gasteiger partial charge in [0.15, 0.2) is 6.29 Å². The second kappa shape index (κ2) is 4.60. The molecule has 3 heteroatoms. The highest BCUT2D eigenvalue weighted by Gasteiger charge is 2.11. The Bertz CT molecular complexity index is 578. The van der Waals surface area contributed by atoms with Crippen LogP contribution in [0.15, 0.2) is 36.4 Å². The van der Waals surface area contributed by atoms with Crippen molar-refractivity contribution < 1.29 is 4.79 Å². The summed E-state index contributed by atoms with van der Waals surface area (Å²) in [5.74, 6) is 0. The average molecular weight is 246 g/mol. The lowest BCUT2D eigenvalue weighted by atomic mass is 9.94. The normalized spacial score (nSPS) is 10.2. The summed E-state index contributed by atoms with van der Waals surface area (Å²) >= 11 is 6.00. The maximum absolute atomic E-state index is 11.1. The number of hydrogen-bond donors (Lipinski definition) is 1. The van der Waals surface area contributed by atoms with Crippen LogP contribution < -0.4 is 5.73 Å². The minimum atomic E-state index is 0.502. The van der Waals surface area contributed by atoms with Gasteiger partial charge in [0, 0.05) is 11.1 Å². The first-order valence-corrected chi connectivity index (χ1v) is 5.62. The lowest BCUT2D eigenvalue weighted by Gasteiger charge is -2.12. The summed E-state index contributed by atoms with van der Waals surface area (Å²) in [6.07, 6.45) is 0.836. The average Bonchev–Trinajstić information content (AvgIpc) is 2.33. The minimum absolute atomic E-state index is 0.502. The lowest BCUT2D eigenvalue weighted by molar-refractivity contribution is 0.112. The Morgan fingerprint density at radius 1 is 1.18 bits per heavy atom. The summed E-state index contributed by atoms with van der Waals surface area (Å²) in [6.45, 7) is 1.95. The van der Waals surface area contributed by atoms with Gasteiger partial charge in [0.1, 0.15) is 0 Å². The van der Waals surface area contributed by atoms with Crippen LogP contribution in [-0.2, 0) is 0 Å². The number of carbonyl (C=O) groups is 1. The van der Waals surface area contributed by atoms with E-state index in [0.29, 0.717) is 16.3 Å². The number of rotatable bonds is 2. The first-order chi connectivity index (χ1) is 8.15. The van der Waals surface area contributed by atoms with Gasteiger partial charge in [-0.1, -0.05) is 41.9 Å². The van der Waals surface area contributed by atoms with Gasteiger partial charge >= 0.3 is 0 Å². The third kappa shape index (κ3) is 2.04. The Balaban J connectivity index is 2.76. The molecule has 0 saturated heterocycles. The molecule has 0 amide bonds. The summed E-state index contributed by atoms with van der Waals surface area (Å²) in [4.78, 5) is 11.1. The van der Waals surface area contributed by atoms with Crippen LogP contribution in [0.3, 0.4) is 0 Å². The van der Waals surface area contributed by atoms with Crippen LogP contribution in [0.1, 0.15) is 15.9 Å². The van der Waals surface area contributed by atoms with Gasteiger partial charge in [-0.05, 0) is 24.1 Å². The number of carbonyl (C=O) groups excluding carboxylic acids is 1. The Labute approximate surface area is 105 Å². The highest BCUT2D eigenvalue weighted by atomic mass is 35.5. The zero-order valence-electron chi connectivity index (χ0n) is 9.41. The number of hydrogen-bond acceptors (Lipinski definition) is 2. The van der Waals surface area contributed by atoms with Crippen molar-refractivity contribution in [2.75, 3.05) is 5.73 Å². The van der Waals surface area contributed by atoms with Crippen molar-refractivity contribution in [3.63, 3.8) is 0 Å². The molecule has 2 N–H and O–H groups in total. The molecule has 2 aromatic rings. The Morgan fingerprint density at radius 3 is 2.59 bits per heavy atom. The molecule has 0 heterocycles. The van der Waals surface area contributed by atoms with Gasteiger partial charge < -0.3 is 5.73 Å². The third-order valence-electron chi connectivity index (χ3n) is 2.75. The predicted molar refractivity (Wildman–Crippen MR) is 71.4 cm³/mol. The molecule has 0 saturated carbocycles. The molecule has 0 aliphatic rings. The van der Waals surface area contributed by atoms with Crippen molar-refractivity contribution in [1.82, 2.24) is 0 Å². The first-order valence-electron chi connectivity index (χ1n) is 5.24. The van der Waals surface area contributed by atoms with Gasteiger partial charge in [-0.25, -0.2) is 0 Å². The number of nitrogens with two attached hydrogens (primary N) is 1. The molecule has 0 bridgehead atoms. The minimum Gasteiger partial charge on any atom is -0.397 e. The third-order valence-corrected chi connectivity index (χ3v) is 3.08. The number of nitrogen functional groups attached to an aromatic ring is 1. The number of benzene rings is 2. The Kier molecular flexibility index (Phi) is 3.16. The fourth-order valence-electron chi connectivity index (χ4n) is 1.91. The summed E-state index contributed by atoms with van der Waals surface area (Å²) in [5.41, 5.74) is 9.75. The van der Waals surface area contributed by atoms with E-state index in [-0.39, 0.29) is 0 Å². The molecule has 0 spiro atoms. The van der Waals surface area contributed by atoms with Crippen LogP contribution in [0.5, 0.6) is 0 Å². The highest BCUT2D eigenvalue weighted by molar-refractivity contribution is 6.33. The lowest BCUT2D eigenvalue weighted by Crippen LogP contribution is -1.96. The van der Waals surface area contributed by atoms with Gasteiger partial charge in [0.2, 0.25) is 0 Å². The van der Waals surface area contributed by atoms with E-state index in [2.05, 4.69) is 0 Å². The van der Waals surface area contributed by atoms with Crippen LogP contribution in [0.4, 0.5) is 5.69 Å². The van der Waals surface area contributed by atoms with Crippen molar-refractivity contribution in [1.29, 1.82) is 0 Å². The van der Waals surface area contributed by atoms with Crippen molar-refractivity contribution >= 4 is 23.6 Å². The number of aldehydes is 1. The molecule has 0 aromatic heterocycles. The van der Waals surface area contributed by atoms with E-state index < -0.39 is 0 Å². The standard InChI is InChI=1S/C14H12ClNO/c1-9-4-2-5-10(8-17)13(9)11-6-3-7-12(15)14(11)16/h2-8H,16H2,1H3. The summed E-state index contributed by atoms with van der Waals surface area (Å²) in [6, 6.07) is 11.0. The predicted octanol–water partition coefficient (Wildman–Crippen LogP) is 3.71. The maximum atomic E-state index is 11.1. The van der Waals surface area contributed by atoms with E-state index in [1.807, 2.05) is 31.2 Å². The van der Waals surface area contributed by atoms with E-state index in [1.54, 1.807) is 12.1 Å². The van der Waals surface area contributed by atoms with Crippen LogP contribution in [-0.4, -0.2) is 6.29 Å². The number of aryl methyl sites for hydroxylation is 1. The molecule has 17 heavy (non-hydrogen) atoms. The number of para-hydroxylation sites is 1. The molecule has 2 nitrogen and oxygen atoms in total. The molecule has 2 aromatic carbocycles. The van der Waals surface area contributed by atoms with Crippen LogP contribution in [0.2, 0.25) is 5.02 Å². The molecule has 0 unspecified atom stereocenters. The van der Waals surface area contributed by atoms with Crippen LogP contribution >= 0.6 is 11.6 Å². The van der Waals surface area contributed by atoms with E-state index >= 15 is 0 Å². The molecule has 0 fully saturated rings. The molecule has 2 rings (SSSR count). The molecule has 0 radical (unpaired) electrons. The molecule has 0 atom stereocenters. The van der Waals surface area contributed by atoms with E-state index in [4.69, 9.17) is 17.3 Å². The summed E-state index contributed by atoms with van der Waals surface area (Å²) in [5, 5.41) is 0.502. The second-order valence-electron chi connectivity index (χ2n) is 3.86. The topological polar surface area (TPSA) is 43.1 Å². The smallest absolute Gasteiger partial charge is 0.150 e. The van der Waals surface area contributed by atoms with Gasteiger partial charge in [0.25, 0.3) is 0 Å². The van der Waals surface area contributed by atoms with Gasteiger partial charge in [-0.15, -0.1) is 0 Å². The summed E-state index contributed by atoms with van der Waals surface area (Å²) < 4.78 is 0. The van der Waals surface area contributed by atoms with Crippen molar-refractivity contribution in [3.05, 3.63) is 52.5 Å². The quantitative estimate of drug-likeness (QED) is 0.647. The number of anilines is 1. The fraction of sp³-hybridized carbons (Fsp3) is 0.0714. The SMILES string of the molecule is Cc1cccc(C=O)c1-c1cccc(Cl)c1N. The van der Waals surface area contributed by atoms with E-state index in [0.717, 1.165) is 23.0 Å². The van der Waals surface area contributed by atoms with Crippen molar-refractivity contribution in [2.24, 2.45) is 0 Å². The fourth-order valence-corrected chi connectivity index (χ4v) is 2.09. The first kappa shape index (κ1) is 11.7. The summed E-state index contributed by atoms with van der Waals surface area (Å²) in [7, 11) is 0. The van der Waals surface area contributed by atoms with Crippen molar-refractivity contribution in [3.8, 4) is 11.1 Å². The maximum Gasteiger partial charge on any atom is 0.150 e. The highest BCUT2D eigenvalue weighted by Crippen LogP contribution is 2.34. The Hall–Kier alpha value is -1.80. The van der Waals surface area contributed by atoms with Crippen LogP contribution in [0, 0.1) is 6.92 Å². The van der Waals surface area contributed by atoms with Crippen molar-refractivity contribution in [2.45, 2.75) is 6.92 Å². The van der Waals surface area contributed by atoms with E-state index in [1.165, 1.54) is 0 Å². The molecular weight excluding hydrogens is 234 g/mol. The van der Waals surface area contributed by atoms with Gasteiger partial charge in [-0.2, -0.15) is 0 Å². The molecule has 0 aliphatic heterocycles.